The summed E-state index contributed by atoms with van der Waals surface area (Å²) in [5, 5.41) is 6.41. The van der Waals surface area contributed by atoms with Crippen molar-refractivity contribution in [2.24, 2.45) is 0 Å². The zero-order valence-corrected chi connectivity index (χ0v) is 12.6. The fourth-order valence-corrected chi connectivity index (χ4v) is 2.60. The second kappa shape index (κ2) is 6.91. The number of carbonyl (C=O) groups excluding carboxylic acids is 1. The molecule has 104 valence electrons. The Balaban J connectivity index is 2.06. The van der Waals surface area contributed by atoms with Gasteiger partial charge in [0.25, 0.3) is 5.91 Å². The Kier molecular flexibility index (Phi) is 5.22. The lowest BCUT2D eigenvalue weighted by atomic mass is 10.1. The fourth-order valence-electron chi connectivity index (χ4n) is 2.26. The smallest absolute Gasteiger partial charge is 0.255 e. The Morgan fingerprint density at radius 2 is 2.32 bits per heavy atom. The quantitative estimate of drug-likeness (QED) is 0.896. The summed E-state index contributed by atoms with van der Waals surface area (Å²) in [5.41, 5.74) is 0.579. The predicted molar refractivity (Wildman–Crippen MR) is 78.7 cm³/mol. The molecule has 0 radical (unpaired) electrons. The molecule has 1 aliphatic heterocycles. The molecule has 1 aliphatic rings. The molecule has 0 saturated carbocycles. The third-order valence-electron chi connectivity index (χ3n) is 3.29. The van der Waals surface area contributed by atoms with E-state index in [0.29, 0.717) is 11.3 Å². The number of hydrogen-bond donors (Lipinski definition) is 2. The van der Waals surface area contributed by atoms with E-state index < -0.39 is 0 Å². The molecule has 2 rings (SSSR count). The van der Waals surface area contributed by atoms with Gasteiger partial charge in [-0.3, -0.25) is 4.79 Å². The van der Waals surface area contributed by atoms with E-state index in [1.165, 1.54) is 6.42 Å². The van der Waals surface area contributed by atoms with E-state index in [1.54, 1.807) is 19.2 Å². The number of halogens is 1. The van der Waals surface area contributed by atoms with Gasteiger partial charge in [-0.1, -0.05) is 22.4 Å². The minimum absolute atomic E-state index is 0.0713. The van der Waals surface area contributed by atoms with Crippen molar-refractivity contribution in [3.05, 3.63) is 28.2 Å². The zero-order valence-electron chi connectivity index (χ0n) is 11.0. The lowest BCUT2D eigenvalue weighted by molar-refractivity contribution is 0.0932. The van der Waals surface area contributed by atoms with Crippen molar-refractivity contribution in [2.45, 2.75) is 25.3 Å². The van der Waals surface area contributed by atoms with E-state index in [0.717, 1.165) is 30.4 Å². The lowest BCUT2D eigenvalue weighted by Crippen LogP contribution is -2.40. The van der Waals surface area contributed by atoms with Gasteiger partial charge < -0.3 is 15.4 Å². The van der Waals surface area contributed by atoms with Crippen LogP contribution in [0.5, 0.6) is 5.75 Å². The first-order valence-corrected chi connectivity index (χ1v) is 7.35. The van der Waals surface area contributed by atoms with E-state index in [9.17, 15) is 4.79 Å². The maximum absolute atomic E-state index is 12.3. The highest BCUT2D eigenvalue weighted by Crippen LogP contribution is 2.23. The normalized spacial score (nSPS) is 19.6. The molecule has 0 aliphatic carbocycles. The molecule has 2 N–H and O–H groups in total. The second-order valence-corrected chi connectivity index (χ2v) is 5.63. The summed E-state index contributed by atoms with van der Waals surface area (Å²) >= 11 is 3.37. The highest BCUT2D eigenvalue weighted by atomic mass is 79.9. The van der Waals surface area contributed by atoms with Crippen LogP contribution in [0.2, 0.25) is 0 Å². The number of ether oxygens (including phenoxy) is 1. The maximum atomic E-state index is 12.3. The van der Waals surface area contributed by atoms with Gasteiger partial charge in [-0.05, 0) is 37.6 Å². The van der Waals surface area contributed by atoms with Crippen LogP contribution >= 0.6 is 15.9 Å². The largest absolute Gasteiger partial charge is 0.496 e. The number of amides is 1. The van der Waals surface area contributed by atoms with Crippen molar-refractivity contribution in [1.82, 2.24) is 10.6 Å². The van der Waals surface area contributed by atoms with E-state index in [2.05, 4.69) is 26.6 Å². The molecular weight excluding hydrogens is 308 g/mol. The molecule has 19 heavy (non-hydrogen) atoms. The van der Waals surface area contributed by atoms with Crippen molar-refractivity contribution in [3.8, 4) is 5.75 Å². The van der Waals surface area contributed by atoms with Gasteiger partial charge in [-0.15, -0.1) is 0 Å². The molecule has 1 heterocycles. The van der Waals surface area contributed by atoms with E-state index in [-0.39, 0.29) is 11.9 Å². The Bertz CT molecular complexity index is 443. The molecule has 1 amide bonds. The number of rotatable bonds is 3. The number of nitrogens with one attached hydrogen (secondary N) is 2. The van der Waals surface area contributed by atoms with Gasteiger partial charge >= 0.3 is 0 Å². The van der Waals surface area contributed by atoms with E-state index in [4.69, 9.17) is 4.74 Å². The van der Waals surface area contributed by atoms with Crippen molar-refractivity contribution >= 4 is 21.8 Å². The predicted octanol–water partition coefficient (Wildman–Crippen LogP) is 2.33. The van der Waals surface area contributed by atoms with Crippen LogP contribution in [-0.4, -0.2) is 32.1 Å². The highest BCUT2D eigenvalue weighted by Gasteiger charge is 2.18. The molecule has 1 aromatic rings. The molecular formula is C14H19BrN2O2. The molecule has 1 aromatic carbocycles. The zero-order chi connectivity index (χ0) is 13.7. The van der Waals surface area contributed by atoms with Crippen LogP contribution in [0, 0.1) is 0 Å². The third kappa shape index (κ3) is 3.94. The topological polar surface area (TPSA) is 50.4 Å². The van der Waals surface area contributed by atoms with Crippen LogP contribution < -0.4 is 15.4 Å². The van der Waals surface area contributed by atoms with Gasteiger partial charge in [0.1, 0.15) is 5.75 Å². The van der Waals surface area contributed by atoms with Crippen LogP contribution in [0.3, 0.4) is 0 Å². The molecule has 5 heteroatoms. The summed E-state index contributed by atoms with van der Waals surface area (Å²) < 4.78 is 6.15. The molecule has 1 fully saturated rings. The van der Waals surface area contributed by atoms with Crippen molar-refractivity contribution < 1.29 is 9.53 Å². The molecule has 0 aromatic heterocycles. The molecule has 1 atom stereocenters. The van der Waals surface area contributed by atoms with Crippen LogP contribution in [0.25, 0.3) is 0 Å². The first kappa shape index (κ1) is 14.3. The number of carbonyl (C=O) groups is 1. The summed E-state index contributed by atoms with van der Waals surface area (Å²) in [6.07, 6.45) is 3.35. The average molecular weight is 327 g/mol. The van der Waals surface area contributed by atoms with Crippen LogP contribution in [0.15, 0.2) is 22.7 Å². The SMILES string of the molecule is COc1cc(Br)ccc1C(=O)NC1CCCCNC1. The second-order valence-electron chi connectivity index (χ2n) is 4.71. The maximum Gasteiger partial charge on any atom is 0.255 e. The van der Waals surface area contributed by atoms with Gasteiger partial charge in [0, 0.05) is 17.1 Å². The number of benzene rings is 1. The summed E-state index contributed by atoms with van der Waals surface area (Å²) in [7, 11) is 1.58. The number of methoxy groups -OCH3 is 1. The standard InChI is InChI=1S/C14H19BrN2O2/c1-19-13-8-10(15)5-6-12(13)14(18)17-11-4-2-3-7-16-9-11/h5-6,8,11,16H,2-4,7,9H2,1H3,(H,17,18). The summed E-state index contributed by atoms with van der Waals surface area (Å²) in [6.45, 7) is 1.87. The van der Waals surface area contributed by atoms with Gasteiger partial charge in [-0.25, -0.2) is 0 Å². The number of hydrogen-bond acceptors (Lipinski definition) is 3. The van der Waals surface area contributed by atoms with Gasteiger partial charge in [0.2, 0.25) is 0 Å². The summed E-state index contributed by atoms with van der Waals surface area (Å²) in [6, 6.07) is 5.63. The molecule has 0 spiro atoms. The fraction of sp³-hybridized carbons (Fsp3) is 0.500. The highest BCUT2D eigenvalue weighted by molar-refractivity contribution is 9.10. The lowest BCUT2D eigenvalue weighted by Gasteiger charge is -2.17. The van der Waals surface area contributed by atoms with Crippen molar-refractivity contribution in [1.29, 1.82) is 0 Å². The van der Waals surface area contributed by atoms with Gasteiger partial charge in [-0.2, -0.15) is 0 Å². The molecule has 1 unspecified atom stereocenters. The van der Waals surface area contributed by atoms with E-state index >= 15 is 0 Å². The minimum Gasteiger partial charge on any atom is -0.496 e. The van der Waals surface area contributed by atoms with Crippen molar-refractivity contribution in [2.75, 3.05) is 20.2 Å². The molecule has 1 saturated heterocycles. The van der Waals surface area contributed by atoms with Crippen LogP contribution in [-0.2, 0) is 0 Å². The monoisotopic (exact) mass is 326 g/mol. The molecule has 4 nitrogen and oxygen atoms in total. The summed E-state index contributed by atoms with van der Waals surface area (Å²) in [5.74, 6) is 0.520. The minimum atomic E-state index is -0.0713. The Hall–Kier alpha value is -1.07. The van der Waals surface area contributed by atoms with Gasteiger partial charge in [0.15, 0.2) is 0 Å². The Morgan fingerprint density at radius 3 is 3.11 bits per heavy atom. The average Bonchev–Trinajstić information content (AvgIpc) is 2.67. The van der Waals surface area contributed by atoms with Crippen molar-refractivity contribution in [3.63, 3.8) is 0 Å². The van der Waals surface area contributed by atoms with Crippen LogP contribution in [0.1, 0.15) is 29.6 Å². The van der Waals surface area contributed by atoms with E-state index in [1.807, 2.05) is 6.07 Å². The first-order chi connectivity index (χ1) is 9.20. The third-order valence-corrected chi connectivity index (χ3v) is 3.78. The summed E-state index contributed by atoms with van der Waals surface area (Å²) in [4.78, 5) is 12.3. The molecule has 0 bridgehead atoms. The Morgan fingerprint density at radius 1 is 1.47 bits per heavy atom. The Labute approximate surface area is 122 Å². The van der Waals surface area contributed by atoms with Crippen LogP contribution in [0.4, 0.5) is 0 Å². The van der Waals surface area contributed by atoms with Gasteiger partial charge in [0.05, 0.1) is 12.7 Å². The first-order valence-electron chi connectivity index (χ1n) is 6.56.